The zero-order valence-corrected chi connectivity index (χ0v) is 28.3. The van der Waals surface area contributed by atoms with Crippen molar-refractivity contribution in [3.05, 3.63) is 148 Å². The highest BCUT2D eigenvalue weighted by Gasteiger charge is 2.27. The molecule has 0 saturated heterocycles. The van der Waals surface area contributed by atoms with Crippen LogP contribution in [-0.2, 0) is 0 Å². The molecule has 0 unspecified atom stereocenters. The SMILES string of the molecule is O=C(Nc1ccc(F)c(Cl)c1)Oc1ccccc1.O=C1CCN(C(=O)Nc2ccc(F)c(Cl)c2)c2ccccc21.O=C1CCNc2ccccc21. The molecule has 3 amide bonds. The van der Waals surface area contributed by atoms with Crippen molar-refractivity contribution in [3.8, 4) is 5.75 Å². The summed E-state index contributed by atoms with van der Waals surface area (Å²) in [7, 11) is 0. The van der Waals surface area contributed by atoms with Crippen molar-refractivity contribution in [2.45, 2.75) is 12.8 Å². The van der Waals surface area contributed by atoms with Crippen LogP contribution in [0.1, 0.15) is 33.6 Å². The maximum atomic E-state index is 13.1. The Bertz CT molecular complexity index is 2070. The van der Waals surface area contributed by atoms with E-state index in [0.717, 1.165) is 17.8 Å². The Balaban J connectivity index is 0.000000156. The van der Waals surface area contributed by atoms with Crippen molar-refractivity contribution in [2.24, 2.45) is 0 Å². The summed E-state index contributed by atoms with van der Waals surface area (Å²) in [6.07, 6.45) is 0.231. The predicted molar refractivity (Wildman–Crippen MR) is 195 cm³/mol. The number of para-hydroxylation sites is 3. The van der Waals surface area contributed by atoms with E-state index in [4.69, 9.17) is 27.9 Å². The molecule has 2 heterocycles. The van der Waals surface area contributed by atoms with E-state index in [9.17, 15) is 28.0 Å². The number of Topliss-reactive ketones (excluding diaryl/α,β-unsaturated/α-hetero) is 2. The van der Waals surface area contributed by atoms with Crippen LogP contribution in [0, 0.1) is 11.6 Å². The maximum absolute atomic E-state index is 13.1. The lowest BCUT2D eigenvalue weighted by atomic mass is 10.0. The number of ether oxygens (including phenoxy) is 1. The molecule has 2 aliphatic rings. The van der Waals surface area contributed by atoms with Gasteiger partial charge in [0.05, 0.1) is 15.7 Å². The fourth-order valence-corrected chi connectivity index (χ4v) is 5.39. The second-order valence-corrected chi connectivity index (χ2v) is 11.8. The normalized spacial score (nSPS) is 12.7. The maximum Gasteiger partial charge on any atom is 0.417 e. The number of carbonyl (C=O) groups is 4. The molecule has 7 rings (SSSR count). The van der Waals surface area contributed by atoms with Crippen molar-refractivity contribution in [2.75, 3.05) is 33.9 Å². The van der Waals surface area contributed by atoms with E-state index in [1.807, 2.05) is 30.3 Å². The topological polar surface area (TPSA) is 117 Å². The number of ketones is 2. The second kappa shape index (κ2) is 17.2. The third-order valence-corrected chi connectivity index (χ3v) is 8.07. The minimum absolute atomic E-state index is 0.0180. The van der Waals surface area contributed by atoms with Crippen molar-refractivity contribution >= 4 is 69.6 Å². The van der Waals surface area contributed by atoms with Gasteiger partial charge in [0.15, 0.2) is 11.6 Å². The number of nitrogens with zero attached hydrogens (tertiary/aromatic N) is 1. The van der Waals surface area contributed by atoms with Crippen LogP contribution in [0.2, 0.25) is 10.0 Å². The van der Waals surface area contributed by atoms with Crippen LogP contribution < -0.4 is 25.6 Å². The lowest BCUT2D eigenvalue weighted by Crippen LogP contribution is -2.40. The number of benzene rings is 5. The van der Waals surface area contributed by atoms with Crippen molar-refractivity contribution < 1.29 is 32.7 Å². The quantitative estimate of drug-likeness (QED) is 0.170. The fraction of sp³-hybridized carbons (Fsp3) is 0.105. The summed E-state index contributed by atoms with van der Waals surface area (Å²) in [5.41, 5.74) is 3.67. The number of rotatable bonds is 3. The summed E-state index contributed by atoms with van der Waals surface area (Å²) in [6.45, 7) is 1.08. The number of anilines is 4. The first-order valence-electron chi connectivity index (χ1n) is 15.6. The summed E-state index contributed by atoms with van der Waals surface area (Å²) < 4.78 is 31.0. The van der Waals surface area contributed by atoms with Crippen LogP contribution in [0.25, 0.3) is 0 Å². The Hall–Kier alpha value is -5.78. The summed E-state index contributed by atoms with van der Waals surface area (Å²) in [6, 6.07) is 30.6. The number of hydrogen-bond acceptors (Lipinski definition) is 6. The summed E-state index contributed by atoms with van der Waals surface area (Å²) in [5.74, 6) is -0.403. The van der Waals surface area contributed by atoms with Gasteiger partial charge < -0.3 is 15.4 Å². The number of fused-ring (bicyclic) bond motifs is 2. The van der Waals surface area contributed by atoms with Crippen molar-refractivity contribution in [1.82, 2.24) is 0 Å². The Labute approximate surface area is 302 Å². The molecule has 0 bridgehead atoms. The van der Waals surface area contributed by atoms with Gasteiger partial charge in [-0.3, -0.25) is 19.8 Å². The first kappa shape index (κ1) is 36.5. The van der Waals surface area contributed by atoms with Crippen LogP contribution in [0.3, 0.4) is 0 Å². The highest BCUT2D eigenvalue weighted by atomic mass is 35.5. The van der Waals surface area contributed by atoms with Gasteiger partial charge in [-0.05, 0) is 72.8 Å². The number of amides is 3. The largest absolute Gasteiger partial charge is 0.417 e. The van der Waals surface area contributed by atoms with Crippen LogP contribution >= 0.6 is 23.2 Å². The molecular weight excluding hydrogens is 701 g/mol. The van der Waals surface area contributed by atoms with Gasteiger partial charge in [-0.1, -0.05) is 65.7 Å². The average Bonchev–Trinajstić information content (AvgIpc) is 3.13. The first-order chi connectivity index (χ1) is 24.6. The van der Waals surface area contributed by atoms with Gasteiger partial charge in [-0.2, -0.15) is 0 Å². The van der Waals surface area contributed by atoms with E-state index < -0.39 is 17.7 Å². The zero-order valence-electron chi connectivity index (χ0n) is 26.8. The third-order valence-electron chi connectivity index (χ3n) is 7.49. The minimum Gasteiger partial charge on any atom is -0.410 e. The van der Waals surface area contributed by atoms with Gasteiger partial charge in [0, 0.05) is 54.1 Å². The number of halogens is 4. The molecule has 13 heteroatoms. The van der Waals surface area contributed by atoms with E-state index >= 15 is 0 Å². The van der Waals surface area contributed by atoms with Gasteiger partial charge in [0.2, 0.25) is 0 Å². The average molecular weight is 732 g/mol. The molecule has 0 saturated carbocycles. The lowest BCUT2D eigenvalue weighted by molar-refractivity contribution is 0.0974. The Morgan fingerprint density at radius 1 is 0.686 bits per heavy atom. The molecule has 5 aromatic carbocycles. The van der Waals surface area contributed by atoms with E-state index in [0.29, 0.717) is 41.3 Å². The molecule has 0 atom stereocenters. The minimum atomic E-state index is -0.663. The van der Waals surface area contributed by atoms with Crippen molar-refractivity contribution in [3.63, 3.8) is 0 Å². The fourth-order valence-electron chi connectivity index (χ4n) is 5.03. The highest BCUT2D eigenvalue weighted by molar-refractivity contribution is 6.31. The molecule has 0 aliphatic carbocycles. The molecule has 51 heavy (non-hydrogen) atoms. The third kappa shape index (κ3) is 9.90. The molecule has 9 nitrogen and oxygen atoms in total. The molecule has 5 aromatic rings. The van der Waals surface area contributed by atoms with Gasteiger partial charge >= 0.3 is 12.1 Å². The first-order valence-corrected chi connectivity index (χ1v) is 16.4. The summed E-state index contributed by atoms with van der Waals surface area (Å²) in [4.78, 5) is 48.5. The monoisotopic (exact) mass is 730 g/mol. The van der Waals surface area contributed by atoms with Gasteiger partial charge in [-0.25, -0.2) is 18.4 Å². The predicted octanol–water partition coefficient (Wildman–Crippen LogP) is 9.88. The molecule has 0 fully saturated rings. The summed E-state index contributed by atoms with van der Waals surface area (Å²) in [5, 5.41) is 8.15. The van der Waals surface area contributed by atoms with E-state index in [1.165, 1.54) is 41.3 Å². The molecule has 2 aliphatic heterocycles. The Kier molecular flexibility index (Phi) is 12.3. The second-order valence-electron chi connectivity index (χ2n) is 11.0. The van der Waals surface area contributed by atoms with Crippen LogP contribution in [0.5, 0.6) is 5.75 Å². The number of hydrogen-bond donors (Lipinski definition) is 3. The van der Waals surface area contributed by atoms with Gasteiger partial charge in [-0.15, -0.1) is 0 Å². The van der Waals surface area contributed by atoms with E-state index in [-0.39, 0.29) is 34.1 Å². The zero-order chi connectivity index (χ0) is 36.3. The molecular formula is C38H30Cl2F2N4O5. The van der Waals surface area contributed by atoms with Gasteiger partial charge in [0.25, 0.3) is 0 Å². The van der Waals surface area contributed by atoms with E-state index in [1.54, 1.807) is 48.5 Å². The molecule has 260 valence electrons. The van der Waals surface area contributed by atoms with Crippen LogP contribution in [-0.4, -0.2) is 36.8 Å². The number of nitrogens with one attached hydrogen (secondary N) is 3. The lowest BCUT2D eigenvalue weighted by Gasteiger charge is -2.28. The molecule has 0 radical (unpaired) electrons. The Morgan fingerprint density at radius 2 is 1.25 bits per heavy atom. The van der Waals surface area contributed by atoms with E-state index in [2.05, 4.69) is 16.0 Å². The molecule has 0 aromatic heterocycles. The number of carbonyl (C=O) groups excluding carboxylic acids is 4. The van der Waals surface area contributed by atoms with Gasteiger partial charge in [0.1, 0.15) is 17.4 Å². The molecule has 3 N–H and O–H groups in total. The Morgan fingerprint density at radius 3 is 1.90 bits per heavy atom. The highest BCUT2D eigenvalue weighted by Crippen LogP contribution is 2.28. The van der Waals surface area contributed by atoms with Crippen LogP contribution in [0.15, 0.2) is 115 Å². The molecule has 0 spiro atoms. The summed E-state index contributed by atoms with van der Waals surface area (Å²) >= 11 is 11.3. The standard InChI is InChI=1S/C16H12ClFN2O2.C13H9ClFNO2.C9H9NO/c17-12-9-10(5-6-13(12)18)19-16(22)20-8-7-15(21)11-3-1-2-4-14(11)20;14-11-8-9(6-7-12(11)15)16-13(17)18-10-4-2-1-3-5-10;11-9-5-6-10-8-4-2-1-3-7(8)9/h1-6,9H,7-8H2,(H,19,22);1-8H,(H,16,17);1-4,10H,5-6H2. The van der Waals surface area contributed by atoms with Crippen molar-refractivity contribution in [1.29, 1.82) is 0 Å². The van der Waals surface area contributed by atoms with Crippen LogP contribution in [0.4, 0.5) is 41.1 Å². The smallest absolute Gasteiger partial charge is 0.410 e. The number of urea groups is 1.